The fourth-order valence-corrected chi connectivity index (χ4v) is 4.15. The molecule has 3 rings (SSSR count). The van der Waals surface area contributed by atoms with Gasteiger partial charge in [-0.15, -0.1) is 11.3 Å². The van der Waals surface area contributed by atoms with Gasteiger partial charge in [-0.1, -0.05) is 18.2 Å². The molecule has 1 aromatic heterocycles. The van der Waals surface area contributed by atoms with Gasteiger partial charge in [-0.05, 0) is 18.1 Å². The molecule has 1 aliphatic heterocycles. The molecule has 0 radical (unpaired) electrons. The quantitative estimate of drug-likeness (QED) is 0.941. The van der Waals surface area contributed by atoms with Crippen molar-refractivity contribution in [3.8, 4) is 11.8 Å². The average Bonchev–Trinajstić information content (AvgIpc) is 2.92. The third kappa shape index (κ3) is 2.68. The van der Waals surface area contributed by atoms with Crippen molar-refractivity contribution in [3.05, 3.63) is 45.8 Å². The molecule has 0 atom stereocenters. The lowest BCUT2D eigenvalue weighted by Crippen LogP contribution is -2.29. The molecule has 0 bridgehead atoms. The number of nitrogens with zero attached hydrogens (tertiary/aromatic N) is 2. The highest BCUT2D eigenvalue weighted by atomic mass is 32.1. The number of ether oxygens (including phenoxy) is 1. The molecule has 1 N–H and O–H groups in total. The van der Waals surface area contributed by atoms with Crippen LogP contribution in [0.2, 0.25) is 0 Å². The Balaban J connectivity index is 1.80. The van der Waals surface area contributed by atoms with Crippen LogP contribution in [0.1, 0.15) is 21.6 Å². The van der Waals surface area contributed by atoms with Crippen LogP contribution < -0.4 is 10.1 Å². The number of hydrogen-bond acceptors (Lipinski definition) is 5. The highest BCUT2D eigenvalue weighted by Gasteiger charge is 2.24. The predicted octanol–water partition coefficient (Wildman–Crippen LogP) is 3.23. The Labute approximate surface area is 134 Å². The van der Waals surface area contributed by atoms with Crippen LogP contribution >= 0.6 is 11.3 Å². The van der Waals surface area contributed by atoms with Gasteiger partial charge in [-0.25, -0.2) is 0 Å². The van der Waals surface area contributed by atoms with Gasteiger partial charge < -0.3 is 10.1 Å². The number of rotatable bonds is 4. The lowest BCUT2D eigenvalue weighted by atomic mass is 10.0. The summed E-state index contributed by atoms with van der Waals surface area (Å²) in [5.41, 5.74) is 3.27. The van der Waals surface area contributed by atoms with E-state index < -0.39 is 0 Å². The van der Waals surface area contributed by atoms with Crippen molar-refractivity contribution in [2.75, 3.05) is 26.0 Å². The molecule has 4 nitrogen and oxygen atoms in total. The SMILES string of the molecule is CNc1sc2c(c1C#N)CCN(Cc1ccccc1OC)C2. The molecule has 0 unspecified atom stereocenters. The Morgan fingerprint density at radius 3 is 2.95 bits per heavy atom. The molecule has 1 aromatic carbocycles. The molecule has 0 spiro atoms. The maximum atomic E-state index is 9.35. The summed E-state index contributed by atoms with van der Waals surface area (Å²) in [6, 6.07) is 10.5. The van der Waals surface area contributed by atoms with Crippen LogP contribution in [0, 0.1) is 11.3 Å². The zero-order valence-electron chi connectivity index (χ0n) is 12.8. The lowest BCUT2D eigenvalue weighted by molar-refractivity contribution is 0.245. The van der Waals surface area contributed by atoms with Gasteiger partial charge in [0.05, 0.1) is 12.7 Å². The number of nitriles is 1. The number of methoxy groups -OCH3 is 1. The summed E-state index contributed by atoms with van der Waals surface area (Å²) in [6.45, 7) is 2.74. The molecule has 1 aliphatic rings. The molecule has 0 saturated carbocycles. The number of anilines is 1. The van der Waals surface area contributed by atoms with Crippen LogP contribution in [0.4, 0.5) is 5.00 Å². The highest BCUT2D eigenvalue weighted by molar-refractivity contribution is 7.16. The topological polar surface area (TPSA) is 48.3 Å². The van der Waals surface area contributed by atoms with Crippen molar-refractivity contribution in [1.82, 2.24) is 4.90 Å². The van der Waals surface area contributed by atoms with Gasteiger partial charge >= 0.3 is 0 Å². The van der Waals surface area contributed by atoms with Gasteiger partial charge in [0, 0.05) is 37.1 Å². The normalized spacial score (nSPS) is 14.2. The molecular weight excluding hydrogens is 294 g/mol. The third-order valence-corrected chi connectivity index (χ3v) is 5.30. The first-order valence-electron chi connectivity index (χ1n) is 7.33. The van der Waals surface area contributed by atoms with Crippen LogP contribution in [-0.2, 0) is 19.5 Å². The Morgan fingerprint density at radius 2 is 2.23 bits per heavy atom. The van der Waals surface area contributed by atoms with Crippen molar-refractivity contribution in [2.24, 2.45) is 0 Å². The average molecular weight is 313 g/mol. The van der Waals surface area contributed by atoms with Crippen LogP contribution in [0.25, 0.3) is 0 Å². The van der Waals surface area contributed by atoms with Gasteiger partial charge in [0.1, 0.15) is 16.8 Å². The van der Waals surface area contributed by atoms with Gasteiger partial charge in [0.25, 0.3) is 0 Å². The van der Waals surface area contributed by atoms with Gasteiger partial charge in [-0.2, -0.15) is 5.26 Å². The molecule has 0 saturated heterocycles. The second-order valence-electron chi connectivity index (χ2n) is 5.34. The number of fused-ring (bicyclic) bond motifs is 1. The predicted molar refractivity (Wildman–Crippen MR) is 89.4 cm³/mol. The zero-order chi connectivity index (χ0) is 15.5. The van der Waals surface area contributed by atoms with Crippen LogP contribution in [0.3, 0.4) is 0 Å². The number of nitrogens with one attached hydrogen (secondary N) is 1. The Hall–Kier alpha value is -2.03. The fraction of sp³-hybridized carbons (Fsp3) is 0.353. The first-order chi connectivity index (χ1) is 10.8. The van der Waals surface area contributed by atoms with Crippen LogP contribution in [0.15, 0.2) is 24.3 Å². The van der Waals surface area contributed by atoms with E-state index >= 15 is 0 Å². The van der Waals surface area contributed by atoms with E-state index in [2.05, 4.69) is 22.4 Å². The molecule has 2 heterocycles. The summed E-state index contributed by atoms with van der Waals surface area (Å²) >= 11 is 1.70. The van der Waals surface area contributed by atoms with Crippen LogP contribution in [0.5, 0.6) is 5.75 Å². The minimum absolute atomic E-state index is 0.833. The molecule has 0 fully saturated rings. The molecule has 114 valence electrons. The van der Waals surface area contributed by atoms with Crippen molar-refractivity contribution < 1.29 is 4.74 Å². The second kappa shape index (κ2) is 6.39. The number of para-hydroxylation sites is 1. The van der Waals surface area contributed by atoms with Crippen molar-refractivity contribution in [3.63, 3.8) is 0 Å². The monoisotopic (exact) mass is 313 g/mol. The van der Waals surface area contributed by atoms with Gasteiger partial charge in [0.2, 0.25) is 0 Å². The maximum Gasteiger partial charge on any atom is 0.123 e. The summed E-state index contributed by atoms with van der Waals surface area (Å²) in [5.74, 6) is 0.938. The molecule has 0 amide bonds. The van der Waals surface area contributed by atoms with E-state index in [1.54, 1.807) is 18.4 Å². The van der Waals surface area contributed by atoms with Crippen molar-refractivity contribution in [1.29, 1.82) is 5.26 Å². The summed E-state index contributed by atoms with van der Waals surface area (Å²) in [4.78, 5) is 3.72. The van der Waals surface area contributed by atoms with E-state index in [1.165, 1.54) is 16.0 Å². The van der Waals surface area contributed by atoms with E-state index in [0.717, 1.165) is 42.4 Å². The lowest BCUT2D eigenvalue weighted by Gasteiger charge is -2.27. The Bertz CT molecular complexity index is 717. The maximum absolute atomic E-state index is 9.35. The van der Waals surface area contributed by atoms with Crippen molar-refractivity contribution in [2.45, 2.75) is 19.5 Å². The minimum Gasteiger partial charge on any atom is -0.496 e. The third-order valence-electron chi connectivity index (χ3n) is 4.06. The first-order valence-corrected chi connectivity index (χ1v) is 8.15. The molecular formula is C17H19N3OS. The largest absolute Gasteiger partial charge is 0.496 e. The van der Waals surface area contributed by atoms with E-state index in [-0.39, 0.29) is 0 Å². The Kier molecular flexibility index (Phi) is 4.32. The van der Waals surface area contributed by atoms with E-state index in [9.17, 15) is 5.26 Å². The summed E-state index contributed by atoms with van der Waals surface area (Å²) < 4.78 is 5.44. The summed E-state index contributed by atoms with van der Waals surface area (Å²) in [5, 5.41) is 13.5. The fourth-order valence-electron chi connectivity index (χ4n) is 2.96. The summed E-state index contributed by atoms with van der Waals surface area (Å²) in [7, 11) is 3.59. The zero-order valence-corrected chi connectivity index (χ0v) is 13.7. The van der Waals surface area contributed by atoms with Crippen LogP contribution in [-0.4, -0.2) is 25.6 Å². The molecule has 5 heteroatoms. The number of thiophene rings is 1. The first kappa shape index (κ1) is 14.9. The van der Waals surface area contributed by atoms with E-state index in [4.69, 9.17) is 4.74 Å². The summed E-state index contributed by atoms with van der Waals surface area (Å²) in [6.07, 6.45) is 0.936. The second-order valence-corrected chi connectivity index (χ2v) is 6.45. The number of benzene rings is 1. The molecule has 22 heavy (non-hydrogen) atoms. The number of hydrogen-bond donors (Lipinski definition) is 1. The van der Waals surface area contributed by atoms with Crippen molar-refractivity contribution >= 4 is 16.3 Å². The Morgan fingerprint density at radius 1 is 1.41 bits per heavy atom. The molecule has 2 aromatic rings. The highest BCUT2D eigenvalue weighted by Crippen LogP contribution is 2.36. The van der Waals surface area contributed by atoms with Gasteiger partial charge in [-0.3, -0.25) is 4.90 Å². The molecule has 0 aliphatic carbocycles. The van der Waals surface area contributed by atoms with E-state index in [0.29, 0.717) is 0 Å². The smallest absolute Gasteiger partial charge is 0.123 e. The van der Waals surface area contributed by atoms with E-state index in [1.807, 2.05) is 25.2 Å². The standard InChI is InChI=1S/C17H19N3OS/c1-19-17-14(9-18)13-7-8-20(11-16(13)22-17)10-12-5-3-4-6-15(12)21-2/h3-6,19H,7-8,10-11H2,1-2H3. The minimum atomic E-state index is 0.833. The van der Waals surface area contributed by atoms with Gasteiger partial charge in [0.15, 0.2) is 0 Å².